The minimum atomic E-state index is -4.55. The summed E-state index contributed by atoms with van der Waals surface area (Å²) in [7, 11) is 0. The van der Waals surface area contributed by atoms with Crippen LogP contribution in [-0.2, 0) is 6.18 Å². The Morgan fingerprint density at radius 2 is 2.10 bits per heavy atom. The lowest BCUT2D eigenvalue weighted by atomic mass is 10.2. The molecule has 10 heteroatoms. The maximum absolute atomic E-state index is 12.5. The van der Waals surface area contributed by atoms with E-state index in [2.05, 4.69) is 15.5 Å². The van der Waals surface area contributed by atoms with Crippen LogP contribution in [0.15, 0.2) is 30.5 Å². The fraction of sp³-hybridized carbons (Fsp3) is 0.0909. The highest BCUT2D eigenvalue weighted by Crippen LogP contribution is 2.30. The van der Waals surface area contributed by atoms with Crippen LogP contribution in [0.25, 0.3) is 0 Å². The predicted molar refractivity (Wildman–Crippen MR) is 64.6 cm³/mol. The van der Waals surface area contributed by atoms with Crippen molar-refractivity contribution in [1.82, 2.24) is 10.2 Å². The number of benzene rings is 1. The van der Waals surface area contributed by atoms with Crippen molar-refractivity contribution in [2.24, 2.45) is 0 Å². The van der Waals surface area contributed by atoms with Gasteiger partial charge in [-0.05, 0) is 18.2 Å². The van der Waals surface area contributed by atoms with Gasteiger partial charge in [-0.1, -0.05) is 6.07 Å². The maximum atomic E-state index is 12.5. The molecule has 0 aliphatic heterocycles. The molecule has 0 spiro atoms. The van der Waals surface area contributed by atoms with E-state index in [1.54, 1.807) is 0 Å². The zero-order chi connectivity index (χ0) is 15.6. The number of hydrogen-bond acceptors (Lipinski definition) is 4. The second-order valence-electron chi connectivity index (χ2n) is 3.92. The number of aromatic amines is 1. The number of aromatic nitrogens is 2. The lowest BCUT2D eigenvalue weighted by Crippen LogP contribution is -2.15. The maximum Gasteiger partial charge on any atom is 0.416 e. The average Bonchev–Trinajstić information content (AvgIpc) is 2.87. The van der Waals surface area contributed by atoms with Crippen molar-refractivity contribution in [2.75, 3.05) is 5.32 Å². The fourth-order valence-electron chi connectivity index (χ4n) is 1.55. The molecule has 1 aromatic carbocycles. The molecule has 110 valence electrons. The van der Waals surface area contributed by atoms with Crippen LogP contribution in [-0.4, -0.2) is 21.0 Å². The molecular formula is C11H7F3N4O3. The van der Waals surface area contributed by atoms with E-state index in [0.29, 0.717) is 0 Å². The van der Waals surface area contributed by atoms with Crippen LogP contribution in [0.5, 0.6) is 0 Å². The minimum Gasteiger partial charge on any atom is -0.320 e. The molecule has 2 N–H and O–H groups in total. The van der Waals surface area contributed by atoms with Gasteiger partial charge in [0.1, 0.15) is 6.20 Å². The zero-order valence-electron chi connectivity index (χ0n) is 10.1. The van der Waals surface area contributed by atoms with Crippen molar-refractivity contribution >= 4 is 17.3 Å². The summed E-state index contributed by atoms with van der Waals surface area (Å²) in [6.45, 7) is 0. The number of amides is 1. The highest BCUT2D eigenvalue weighted by molar-refractivity contribution is 6.05. The van der Waals surface area contributed by atoms with E-state index < -0.39 is 34.0 Å². The number of anilines is 1. The third-order valence-electron chi connectivity index (χ3n) is 2.49. The van der Waals surface area contributed by atoms with E-state index in [0.717, 1.165) is 24.4 Å². The van der Waals surface area contributed by atoms with Crippen LogP contribution in [0.1, 0.15) is 16.1 Å². The van der Waals surface area contributed by atoms with Gasteiger partial charge in [0.25, 0.3) is 5.91 Å². The number of rotatable bonds is 3. The first-order chi connectivity index (χ1) is 9.79. The third kappa shape index (κ3) is 3.16. The van der Waals surface area contributed by atoms with Gasteiger partial charge >= 0.3 is 11.9 Å². The van der Waals surface area contributed by atoms with Crippen LogP contribution < -0.4 is 5.32 Å². The number of nitrogens with one attached hydrogen (secondary N) is 2. The number of nitrogens with zero attached hydrogens (tertiary/aromatic N) is 2. The van der Waals surface area contributed by atoms with Crippen molar-refractivity contribution in [3.63, 3.8) is 0 Å². The van der Waals surface area contributed by atoms with Crippen LogP contribution in [0.2, 0.25) is 0 Å². The molecular weight excluding hydrogens is 293 g/mol. The van der Waals surface area contributed by atoms with E-state index in [9.17, 15) is 28.1 Å². The summed E-state index contributed by atoms with van der Waals surface area (Å²) in [6, 6.07) is 3.91. The third-order valence-corrected chi connectivity index (χ3v) is 2.49. The Morgan fingerprint density at radius 1 is 1.38 bits per heavy atom. The van der Waals surface area contributed by atoms with E-state index in [1.807, 2.05) is 0 Å². The van der Waals surface area contributed by atoms with Gasteiger partial charge in [-0.3, -0.25) is 20.0 Å². The summed E-state index contributed by atoms with van der Waals surface area (Å²) in [6.07, 6.45) is -3.72. The molecule has 1 aromatic heterocycles. The lowest BCUT2D eigenvalue weighted by Gasteiger charge is -2.09. The minimum absolute atomic E-state index is 0.140. The second-order valence-corrected chi connectivity index (χ2v) is 3.92. The van der Waals surface area contributed by atoms with Crippen molar-refractivity contribution < 1.29 is 22.9 Å². The Bertz CT molecular complexity index is 696. The van der Waals surface area contributed by atoms with Crippen LogP contribution >= 0.6 is 0 Å². The number of hydrogen-bond donors (Lipinski definition) is 2. The van der Waals surface area contributed by atoms with Crippen LogP contribution in [0, 0.1) is 10.1 Å². The first-order valence-electron chi connectivity index (χ1n) is 5.45. The number of alkyl halides is 3. The Morgan fingerprint density at radius 3 is 2.71 bits per heavy atom. The summed E-state index contributed by atoms with van der Waals surface area (Å²) in [4.78, 5) is 21.6. The van der Waals surface area contributed by atoms with Crippen molar-refractivity contribution in [2.45, 2.75) is 6.18 Å². The molecule has 0 aliphatic rings. The number of carbonyl (C=O) groups excluding carboxylic acids is 1. The molecule has 21 heavy (non-hydrogen) atoms. The summed E-state index contributed by atoms with van der Waals surface area (Å²) >= 11 is 0. The highest BCUT2D eigenvalue weighted by atomic mass is 19.4. The first-order valence-corrected chi connectivity index (χ1v) is 5.45. The molecule has 1 heterocycles. The quantitative estimate of drug-likeness (QED) is 0.672. The van der Waals surface area contributed by atoms with E-state index in [4.69, 9.17) is 0 Å². The fourth-order valence-corrected chi connectivity index (χ4v) is 1.55. The van der Waals surface area contributed by atoms with Crippen molar-refractivity contribution in [3.05, 3.63) is 51.8 Å². The molecule has 0 fully saturated rings. The molecule has 0 atom stereocenters. The van der Waals surface area contributed by atoms with Crippen LogP contribution in [0.3, 0.4) is 0 Å². The molecule has 7 nitrogen and oxygen atoms in total. The summed E-state index contributed by atoms with van der Waals surface area (Å²) in [5, 5.41) is 18.3. The summed E-state index contributed by atoms with van der Waals surface area (Å²) in [5.74, 6) is -0.960. The molecule has 0 saturated carbocycles. The molecule has 0 radical (unpaired) electrons. The van der Waals surface area contributed by atoms with Gasteiger partial charge in [0, 0.05) is 5.69 Å². The average molecular weight is 300 g/mol. The second kappa shape index (κ2) is 5.23. The number of halogens is 3. The Hall–Kier alpha value is -2.91. The molecule has 0 bridgehead atoms. The smallest absolute Gasteiger partial charge is 0.320 e. The monoisotopic (exact) mass is 300 g/mol. The number of carbonyl (C=O) groups is 1. The molecule has 0 saturated heterocycles. The molecule has 2 aromatic rings. The first kappa shape index (κ1) is 14.5. The van der Waals surface area contributed by atoms with Crippen LogP contribution in [0.4, 0.5) is 24.5 Å². The Balaban J connectivity index is 2.24. The highest BCUT2D eigenvalue weighted by Gasteiger charge is 2.30. The SMILES string of the molecule is O=C(Nc1cccc(C(F)(F)F)c1)c1[nH]ncc1[N+](=O)[O-]. The van der Waals surface area contributed by atoms with Gasteiger partial charge in [0.2, 0.25) is 5.69 Å². The summed E-state index contributed by atoms with van der Waals surface area (Å²) in [5.41, 5.74) is -2.10. The number of nitro groups is 1. The van der Waals surface area contributed by atoms with Gasteiger partial charge in [-0.25, -0.2) is 0 Å². The number of H-pyrrole nitrogens is 1. The van der Waals surface area contributed by atoms with Crippen molar-refractivity contribution in [3.8, 4) is 0 Å². The molecule has 0 aliphatic carbocycles. The Labute approximate surface area is 114 Å². The predicted octanol–water partition coefficient (Wildman–Crippen LogP) is 2.59. The Kier molecular flexibility index (Phi) is 3.61. The largest absolute Gasteiger partial charge is 0.416 e. The topological polar surface area (TPSA) is 101 Å². The van der Waals surface area contributed by atoms with Gasteiger partial charge in [0.05, 0.1) is 10.5 Å². The molecule has 2 rings (SSSR count). The molecule has 1 amide bonds. The normalized spacial score (nSPS) is 11.2. The van der Waals surface area contributed by atoms with Crippen molar-refractivity contribution in [1.29, 1.82) is 0 Å². The molecule has 0 unspecified atom stereocenters. The lowest BCUT2D eigenvalue weighted by molar-refractivity contribution is -0.385. The standard InChI is InChI=1S/C11H7F3N4O3/c12-11(13,14)6-2-1-3-7(4-6)16-10(19)9-8(18(20)21)5-15-17-9/h1-5H,(H,15,17)(H,16,19). The van der Waals surface area contributed by atoms with Gasteiger partial charge in [-0.15, -0.1) is 0 Å². The van der Waals surface area contributed by atoms with Gasteiger partial charge < -0.3 is 5.32 Å². The summed E-state index contributed by atoms with van der Waals surface area (Å²) < 4.78 is 37.6. The van der Waals surface area contributed by atoms with E-state index in [-0.39, 0.29) is 5.69 Å². The van der Waals surface area contributed by atoms with Gasteiger partial charge in [-0.2, -0.15) is 18.3 Å². The van der Waals surface area contributed by atoms with E-state index in [1.165, 1.54) is 6.07 Å². The van der Waals surface area contributed by atoms with E-state index >= 15 is 0 Å². The van der Waals surface area contributed by atoms with Gasteiger partial charge in [0.15, 0.2) is 0 Å². The zero-order valence-corrected chi connectivity index (χ0v) is 10.1.